The molecule has 1 N–H and O–H groups in total. The molecule has 3 rings (SSSR count). The highest BCUT2D eigenvalue weighted by Crippen LogP contribution is 2.35. The van der Waals surface area contributed by atoms with Gasteiger partial charge in [0.15, 0.2) is 0 Å². The van der Waals surface area contributed by atoms with Gasteiger partial charge in [0.05, 0.1) is 12.2 Å². The van der Waals surface area contributed by atoms with Crippen molar-refractivity contribution in [2.45, 2.75) is 26.2 Å². The lowest BCUT2D eigenvalue weighted by Crippen LogP contribution is -2.35. The van der Waals surface area contributed by atoms with E-state index in [0.717, 1.165) is 10.9 Å². The number of ether oxygens (including phenoxy) is 2. The normalized spacial score (nSPS) is 16.7. The molecule has 1 aliphatic rings. The third-order valence-electron chi connectivity index (χ3n) is 3.22. The van der Waals surface area contributed by atoms with Crippen molar-refractivity contribution in [3.8, 4) is 5.75 Å². The Morgan fingerprint density at radius 1 is 1.32 bits per heavy atom. The highest BCUT2D eigenvalue weighted by atomic mass is 16.7. The number of hydrogen-bond acceptors (Lipinski definition) is 3. The van der Waals surface area contributed by atoms with Gasteiger partial charge in [0.2, 0.25) is 5.79 Å². The molecular weight excluding hydrogens is 244 g/mol. The Kier molecular flexibility index (Phi) is 2.50. The van der Waals surface area contributed by atoms with E-state index in [1.807, 2.05) is 26.0 Å². The molecule has 4 heteroatoms. The molecule has 0 saturated carbocycles. The van der Waals surface area contributed by atoms with Crippen LogP contribution in [0, 0.1) is 0 Å². The monoisotopic (exact) mass is 258 g/mol. The summed E-state index contributed by atoms with van der Waals surface area (Å²) in [5.74, 6) is -0.923. The molecule has 19 heavy (non-hydrogen) atoms. The van der Waals surface area contributed by atoms with Crippen LogP contribution in [0.2, 0.25) is 0 Å². The Morgan fingerprint density at radius 3 is 2.84 bits per heavy atom. The zero-order chi connectivity index (χ0) is 13.6. The highest BCUT2D eigenvalue weighted by molar-refractivity contribution is 6.04. The lowest BCUT2D eigenvalue weighted by molar-refractivity contribution is -0.179. The first kappa shape index (κ1) is 12.0. The van der Waals surface area contributed by atoms with Crippen LogP contribution >= 0.6 is 0 Å². The van der Waals surface area contributed by atoms with Crippen molar-refractivity contribution in [3.05, 3.63) is 41.5 Å². The van der Waals surface area contributed by atoms with E-state index in [4.69, 9.17) is 9.47 Å². The quantitative estimate of drug-likeness (QED) is 0.853. The minimum atomic E-state index is -0.933. The predicted octanol–water partition coefficient (Wildman–Crippen LogP) is 3.18. The van der Waals surface area contributed by atoms with Crippen molar-refractivity contribution in [3.63, 3.8) is 0 Å². The molecule has 0 unspecified atom stereocenters. The minimum Gasteiger partial charge on any atom is -0.478 e. The maximum atomic E-state index is 11.2. The van der Waals surface area contributed by atoms with E-state index in [1.54, 1.807) is 18.2 Å². The van der Waals surface area contributed by atoms with E-state index in [1.165, 1.54) is 0 Å². The molecule has 0 aromatic heterocycles. The lowest BCUT2D eigenvalue weighted by Gasteiger charge is -2.32. The van der Waals surface area contributed by atoms with Crippen LogP contribution in [0.5, 0.6) is 5.75 Å². The van der Waals surface area contributed by atoms with Gasteiger partial charge < -0.3 is 14.6 Å². The largest absolute Gasteiger partial charge is 0.478 e. The van der Waals surface area contributed by atoms with Gasteiger partial charge in [-0.25, -0.2) is 4.79 Å². The van der Waals surface area contributed by atoms with Gasteiger partial charge in [0, 0.05) is 19.4 Å². The van der Waals surface area contributed by atoms with Crippen LogP contribution in [0.15, 0.2) is 30.3 Å². The number of fused-ring (bicyclic) bond motifs is 2. The van der Waals surface area contributed by atoms with Crippen LogP contribution in [0.1, 0.15) is 29.8 Å². The van der Waals surface area contributed by atoms with E-state index in [0.29, 0.717) is 17.7 Å². The number of carboxylic acids is 1. The lowest BCUT2D eigenvalue weighted by atomic mass is 10.0. The Balaban J connectivity index is 2.23. The number of aromatic carboxylic acids is 1. The topological polar surface area (TPSA) is 55.8 Å². The minimum absolute atomic E-state index is 0.285. The molecule has 4 nitrogen and oxygen atoms in total. The molecule has 98 valence electrons. The van der Waals surface area contributed by atoms with E-state index in [9.17, 15) is 9.90 Å². The average molecular weight is 258 g/mol. The van der Waals surface area contributed by atoms with Crippen LogP contribution in [0.25, 0.3) is 10.8 Å². The number of carbonyl (C=O) groups is 1. The molecule has 1 aliphatic heterocycles. The van der Waals surface area contributed by atoms with Crippen LogP contribution in [0.3, 0.4) is 0 Å². The third kappa shape index (κ3) is 2.04. The van der Waals surface area contributed by atoms with Crippen molar-refractivity contribution in [2.75, 3.05) is 0 Å². The van der Waals surface area contributed by atoms with E-state index >= 15 is 0 Å². The van der Waals surface area contributed by atoms with Gasteiger partial charge in [0.1, 0.15) is 5.75 Å². The number of carboxylic acid groups (broad SMARTS) is 1. The summed E-state index contributed by atoms with van der Waals surface area (Å²) in [6.07, 6.45) is 0. The Bertz CT molecular complexity index is 673. The number of hydrogen-bond donors (Lipinski definition) is 1. The Morgan fingerprint density at radius 2 is 2.11 bits per heavy atom. The van der Waals surface area contributed by atoms with Crippen LogP contribution in [0.4, 0.5) is 0 Å². The molecule has 0 fully saturated rings. The molecule has 0 aliphatic carbocycles. The standard InChI is InChI=1S/C15H14O4/c1-15(2)18-8-10-6-9-4-3-5-11(14(16)17)12(9)7-13(10)19-15/h3-7H,8H2,1-2H3,(H,16,17). The van der Waals surface area contributed by atoms with Crippen molar-refractivity contribution in [1.29, 1.82) is 0 Å². The van der Waals surface area contributed by atoms with Gasteiger partial charge in [-0.05, 0) is 29.0 Å². The summed E-state index contributed by atoms with van der Waals surface area (Å²) in [5.41, 5.74) is 1.22. The molecule has 0 bridgehead atoms. The van der Waals surface area contributed by atoms with Gasteiger partial charge in [-0.3, -0.25) is 0 Å². The second kappa shape index (κ2) is 3.96. The summed E-state index contributed by atoms with van der Waals surface area (Å²) in [6, 6.07) is 8.95. The SMILES string of the molecule is CC1(C)OCc2cc3cccc(C(=O)O)c3cc2O1. The smallest absolute Gasteiger partial charge is 0.336 e. The molecule has 1 heterocycles. The van der Waals surface area contributed by atoms with Crippen molar-refractivity contribution >= 4 is 16.7 Å². The van der Waals surface area contributed by atoms with Gasteiger partial charge in [-0.1, -0.05) is 12.1 Å². The van der Waals surface area contributed by atoms with E-state index in [2.05, 4.69) is 0 Å². The average Bonchev–Trinajstić information content (AvgIpc) is 2.34. The third-order valence-corrected chi connectivity index (χ3v) is 3.22. The van der Waals surface area contributed by atoms with Crippen LogP contribution in [-0.4, -0.2) is 16.9 Å². The zero-order valence-electron chi connectivity index (χ0n) is 10.8. The highest BCUT2D eigenvalue weighted by Gasteiger charge is 2.27. The van der Waals surface area contributed by atoms with Gasteiger partial charge >= 0.3 is 5.97 Å². The molecule has 2 aromatic rings. The second-order valence-electron chi connectivity index (χ2n) is 5.08. The summed E-state index contributed by atoms with van der Waals surface area (Å²) in [6.45, 7) is 4.14. The van der Waals surface area contributed by atoms with Crippen LogP contribution in [-0.2, 0) is 11.3 Å². The molecule has 0 radical (unpaired) electrons. The first-order chi connectivity index (χ1) is 8.96. The predicted molar refractivity (Wildman–Crippen MR) is 70.4 cm³/mol. The Labute approximate surface area is 110 Å². The van der Waals surface area contributed by atoms with E-state index < -0.39 is 11.8 Å². The summed E-state index contributed by atoms with van der Waals surface area (Å²) in [7, 11) is 0. The Hall–Kier alpha value is -2.07. The number of rotatable bonds is 1. The van der Waals surface area contributed by atoms with Crippen LogP contribution < -0.4 is 4.74 Å². The first-order valence-electron chi connectivity index (χ1n) is 6.08. The summed E-state index contributed by atoms with van der Waals surface area (Å²) in [4.78, 5) is 11.2. The molecule has 0 amide bonds. The maximum Gasteiger partial charge on any atom is 0.336 e. The van der Waals surface area contributed by atoms with E-state index in [-0.39, 0.29) is 5.56 Å². The van der Waals surface area contributed by atoms with Crippen molar-refractivity contribution in [2.24, 2.45) is 0 Å². The van der Waals surface area contributed by atoms with Gasteiger partial charge in [-0.15, -0.1) is 0 Å². The second-order valence-corrected chi connectivity index (χ2v) is 5.08. The number of benzene rings is 2. The molecular formula is C15H14O4. The summed E-state index contributed by atoms with van der Waals surface area (Å²) in [5, 5.41) is 10.8. The van der Waals surface area contributed by atoms with Crippen molar-refractivity contribution < 1.29 is 19.4 Å². The molecule has 0 saturated heterocycles. The fourth-order valence-electron chi connectivity index (χ4n) is 2.29. The fraction of sp³-hybridized carbons (Fsp3) is 0.267. The molecule has 0 spiro atoms. The molecule has 0 atom stereocenters. The fourth-order valence-corrected chi connectivity index (χ4v) is 2.29. The first-order valence-corrected chi connectivity index (χ1v) is 6.08. The summed E-state index contributed by atoms with van der Waals surface area (Å²) >= 11 is 0. The summed E-state index contributed by atoms with van der Waals surface area (Å²) < 4.78 is 11.3. The maximum absolute atomic E-state index is 11.2. The zero-order valence-corrected chi connectivity index (χ0v) is 10.8. The van der Waals surface area contributed by atoms with Crippen molar-refractivity contribution in [1.82, 2.24) is 0 Å². The molecule has 2 aromatic carbocycles. The van der Waals surface area contributed by atoms with Gasteiger partial charge in [0.25, 0.3) is 0 Å². The van der Waals surface area contributed by atoms with Gasteiger partial charge in [-0.2, -0.15) is 0 Å².